The zero-order valence-electron chi connectivity index (χ0n) is 11.5. The largest absolute Gasteiger partial charge is 0.305 e. The maximum absolute atomic E-state index is 4.41. The second kappa shape index (κ2) is 5.24. The van der Waals surface area contributed by atoms with Crippen molar-refractivity contribution in [1.82, 2.24) is 15.1 Å². The molecule has 0 saturated carbocycles. The van der Waals surface area contributed by atoms with Gasteiger partial charge in [0.25, 0.3) is 0 Å². The van der Waals surface area contributed by atoms with Gasteiger partial charge in [-0.15, -0.1) is 11.3 Å². The van der Waals surface area contributed by atoms with Crippen molar-refractivity contribution in [2.75, 3.05) is 0 Å². The van der Waals surface area contributed by atoms with Crippen LogP contribution in [-0.2, 0) is 12.1 Å². The molecule has 0 unspecified atom stereocenters. The topological polar surface area (TPSA) is 29.9 Å². The van der Waals surface area contributed by atoms with Crippen molar-refractivity contribution in [3.05, 3.63) is 40.3 Å². The molecule has 2 rings (SSSR count). The van der Waals surface area contributed by atoms with E-state index in [0.29, 0.717) is 6.04 Å². The van der Waals surface area contributed by atoms with Gasteiger partial charge in [0.05, 0.1) is 11.7 Å². The Bertz CT molecular complexity index is 479. The molecular weight excluding hydrogens is 242 g/mol. The smallest absolute Gasteiger partial charge is 0.0543 e. The predicted octanol–water partition coefficient (Wildman–Crippen LogP) is 3.55. The normalized spacial score (nSPS) is 13.8. The van der Waals surface area contributed by atoms with E-state index >= 15 is 0 Å². The molecule has 0 bridgehead atoms. The summed E-state index contributed by atoms with van der Waals surface area (Å²) in [4.78, 5) is 1.37. The summed E-state index contributed by atoms with van der Waals surface area (Å²) in [6.07, 6.45) is 4.06. The van der Waals surface area contributed by atoms with Gasteiger partial charge in [-0.05, 0) is 39.1 Å². The maximum Gasteiger partial charge on any atom is 0.0543 e. The summed E-state index contributed by atoms with van der Waals surface area (Å²) >= 11 is 1.79. The minimum Gasteiger partial charge on any atom is -0.305 e. The molecule has 0 fully saturated rings. The molecule has 4 heteroatoms. The van der Waals surface area contributed by atoms with Crippen LogP contribution in [0.2, 0.25) is 0 Å². The molecule has 98 valence electrons. The van der Waals surface area contributed by atoms with Crippen LogP contribution in [0.3, 0.4) is 0 Å². The molecule has 0 amide bonds. The van der Waals surface area contributed by atoms with Gasteiger partial charge in [-0.1, -0.05) is 6.07 Å². The summed E-state index contributed by atoms with van der Waals surface area (Å²) < 4.78 is 2.01. The van der Waals surface area contributed by atoms with E-state index in [1.165, 1.54) is 10.4 Å². The Hall–Kier alpha value is -1.13. The summed E-state index contributed by atoms with van der Waals surface area (Å²) in [7, 11) is 0. The monoisotopic (exact) mass is 263 g/mol. The van der Waals surface area contributed by atoms with Crippen LogP contribution < -0.4 is 5.32 Å². The number of rotatable bonds is 4. The molecule has 0 radical (unpaired) electrons. The average Bonchev–Trinajstić information content (AvgIpc) is 2.96. The molecule has 0 saturated heterocycles. The van der Waals surface area contributed by atoms with Crippen molar-refractivity contribution in [3.8, 4) is 0 Å². The molecule has 2 heterocycles. The summed E-state index contributed by atoms with van der Waals surface area (Å²) in [5, 5.41) is 10.0. The van der Waals surface area contributed by atoms with Crippen molar-refractivity contribution < 1.29 is 0 Å². The van der Waals surface area contributed by atoms with E-state index in [2.05, 4.69) is 61.8 Å². The molecule has 2 aromatic heterocycles. The Balaban J connectivity index is 1.93. The lowest BCUT2D eigenvalue weighted by atomic mass is 10.1. The van der Waals surface area contributed by atoms with Crippen LogP contribution in [0.15, 0.2) is 29.9 Å². The molecular formula is C14H21N3S. The van der Waals surface area contributed by atoms with E-state index in [9.17, 15) is 0 Å². The summed E-state index contributed by atoms with van der Waals surface area (Å²) in [6, 6.07) is 4.65. The Morgan fingerprint density at radius 3 is 2.78 bits per heavy atom. The number of hydrogen-bond acceptors (Lipinski definition) is 3. The highest BCUT2D eigenvalue weighted by Gasteiger charge is 2.14. The van der Waals surface area contributed by atoms with Gasteiger partial charge in [0.2, 0.25) is 0 Å². The van der Waals surface area contributed by atoms with E-state index in [1.54, 1.807) is 11.3 Å². The number of nitrogens with one attached hydrogen (secondary N) is 1. The third kappa shape index (κ3) is 3.21. The number of hydrogen-bond donors (Lipinski definition) is 1. The average molecular weight is 263 g/mol. The van der Waals surface area contributed by atoms with E-state index in [1.807, 2.05) is 10.9 Å². The Labute approximate surface area is 113 Å². The van der Waals surface area contributed by atoms with Crippen LogP contribution in [0.25, 0.3) is 0 Å². The summed E-state index contributed by atoms with van der Waals surface area (Å²) in [6.45, 7) is 9.53. The molecule has 1 N–H and O–H groups in total. The first-order valence-electron chi connectivity index (χ1n) is 6.27. The van der Waals surface area contributed by atoms with E-state index in [0.717, 1.165) is 6.54 Å². The van der Waals surface area contributed by atoms with E-state index < -0.39 is 0 Å². The number of nitrogens with zero attached hydrogens (tertiary/aromatic N) is 2. The van der Waals surface area contributed by atoms with Crippen LogP contribution in [0.4, 0.5) is 0 Å². The van der Waals surface area contributed by atoms with Crippen molar-refractivity contribution in [2.24, 2.45) is 0 Å². The van der Waals surface area contributed by atoms with Crippen molar-refractivity contribution in [1.29, 1.82) is 0 Å². The lowest BCUT2D eigenvalue weighted by Crippen LogP contribution is -2.22. The van der Waals surface area contributed by atoms with Crippen LogP contribution in [0.1, 0.15) is 44.2 Å². The molecule has 18 heavy (non-hydrogen) atoms. The summed E-state index contributed by atoms with van der Waals surface area (Å²) in [5.74, 6) is 0. The fraction of sp³-hybridized carbons (Fsp3) is 0.500. The zero-order valence-corrected chi connectivity index (χ0v) is 12.3. The van der Waals surface area contributed by atoms with Gasteiger partial charge < -0.3 is 5.32 Å². The SMILES string of the molecule is C[C@H](NCc1cnn(C(C)(C)C)c1)c1cccs1. The minimum atomic E-state index is 0.0532. The van der Waals surface area contributed by atoms with E-state index in [4.69, 9.17) is 0 Å². The van der Waals surface area contributed by atoms with Gasteiger partial charge >= 0.3 is 0 Å². The van der Waals surface area contributed by atoms with E-state index in [-0.39, 0.29) is 5.54 Å². The molecule has 0 aliphatic heterocycles. The molecule has 0 aliphatic rings. The van der Waals surface area contributed by atoms with Gasteiger partial charge in [-0.3, -0.25) is 4.68 Å². The zero-order chi connectivity index (χ0) is 13.2. The molecule has 3 nitrogen and oxygen atoms in total. The van der Waals surface area contributed by atoms with Crippen LogP contribution in [0.5, 0.6) is 0 Å². The van der Waals surface area contributed by atoms with Gasteiger partial charge in [-0.25, -0.2) is 0 Å². The molecule has 2 aromatic rings. The summed E-state index contributed by atoms with van der Waals surface area (Å²) in [5.41, 5.74) is 1.28. The molecule has 0 aromatic carbocycles. The Kier molecular flexibility index (Phi) is 3.88. The number of thiophene rings is 1. The van der Waals surface area contributed by atoms with Gasteiger partial charge in [-0.2, -0.15) is 5.10 Å². The van der Waals surface area contributed by atoms with Gasteiger partial charge in [0, 0.05) is 29.2 Å². The lowest BCUT2D eigenvalue weighted by molar-refractivity contribution is 0.355. The molecule has 0 aliphatic carbocycles. The highest BCUT2D eigenvalue weighted by molar-refractivity contribution is 7.10. The Morgan fingerprint density at radius 2 is 2.22 bits per heavy atom. The maximum atomic E-state index is 4.41. The number of aromatic nitrogens is 2. The predicted molar refractivity (Wildman–Crippen MR) is 76.8 cm³/mol. The van der Waals surface area contributed by atoms with Gasteiger partial charge in [0.1, 0.15) is 0 Å². The fourth-order valence-corrected chi connectivity index (χ4v) is 2.49. The third-order valence-electron chi connectivity index (χ3n) is 2.91. The third-order valence-corrected chi connectivity index (χ3v) is 3.96. The molecule has 1 atom stereocenters. The van der Waals surface area contributed by atoms with Crippen molar-refractivity contribution in [3.63, 3.8) is 0 Å². The lowest BCUT2D eigenvalue weighted by Gasteiger charge is -2.18. The van der Waals surface area contributed by atoms with Crippen LogP contribution in [-0.4, -0.2) is 9.78 Å². The van der Waals surface area contributed by atoms with Crippen molar-refractivity contribution in [2.45, 2.75) is 45.8 Å². The first-order valence-corrected chi connectivity index (χ1v) is 7.15. The highest BCUT2D eigenvalue weighted by Crippen LogP contribution is 2.19. The molecule has 0 spiro atoms. The minimum absolute atomic E-state index is 0.0532. The standard InChI is InChI=1S/C14H21N3S/c1-11(13-6-5-7-18-13)15-8-12-9-16-17(10-12)14(2,3)4/h5-7,9-11,15H,8H2,1-4H3/t11-/m0/s1. The Morgan fingerprint density at radius 1 is 1.44 bits per heavy atom. The van der Waals surface area contributed by atoms with Crippen LogP contribution >= 0.6 is 11.3 Å². The first-order chi connectivity index (χ1) is 8.47. The quantitative estimate of drug-likeness (QED) is 0.914. The first kappa shape index (κ1) is 13.3. The van der Waals surface area contributed by atoms with Crippen LogP contribution in [0, 0.1) is 0 Å². The second-order valence-electron chi connectivity index (χ2n) is 5.58. The highest BCUT2D eigenvalue weighted by atomic mass is 32.1. The van der Waals surface area contributed by atoms with Crippen molar-refractivity contribution >= 4 is 11.3 Å². The van der Waals surface area contributed by atoms with Gasteiger partial charge in [0.15, 0.2) is 0 Å². The fourth-order valence-electron chi connectivity index (χ4n) is 1.73. The second-order valence-corrected chi connectivity index (χ2v) is 6.56.